The molecule has 67 heavy (non-hydrogen) atoms. The number of hydrogen-bond acceptors (Lipinski definition) is 0. The SMILES string of the molecule is CC(C)(C)c1cc2c3c(c1)-c1c4c(cc5c6c(cc(c15)B3c1cc3c(c5cc7c(c-2c15)-c1ccccc1C7(C)C)-c1ccccc1C3(C)C)C(C)(C)c1ccccc1-6)C(C)(C)c1ccccc1-4. The lowest BCUT2D eigenvalue weighted by Crippen LogP contribution is -2.58. The summed E-state index contributed by atoms with van der Waals surface area (Å²) < 4.78 is 0. The molecule has 15 rings (SSSR count). The van der Waals surface area contributed by atoms with Gasteiger partial charge in [-0.1, -0.05) is 214 Å². The largest absolute Gasteiger partial charge is 0.244 e. The highest BCUT2D eigenvalue weighted by Gasteiger charge is 2.50. The fraction of sp³-hybridized carbons (Fsp3) is 0.242. The van der Waals surface area contributed by atoms with Crippen LogP contribution in [0.25, 0.3) is 88.3 Å². The summed E-state index contributed by atoms with van der Waals surface area (Å²) in [7, 11) is 0. The average molecular weight is 859 g/mol. The molecule has 9 aromatic rings. The third kappa shape index (κ3) is 4.25. The average Bonchev–Trinajstić information content (AvgIpc) is 3.88. The van der Waals surface area contributed by atoms with Gasteiger partial charge in [0.15, 0.2) is 0 Å². The lowest BCUT2D eigenvalue weighted by Gasteiger charge is -2.39. The summed E-state index contributed by atoms with van der Waals surface area (Å²) in [4.78, 5) is 0. The second-order valence-corrected chi connectivity index (χ2v) is 24.3. The Morgan fingerprint density at radius 1 is 0.328 bits per heavy atom. The Balaban J connectivity index is 1.22. The zero-order valence-corrected chi connectivity index (χ0v) is 40.8. The molecule has 4 aliphatic carbocycles. The first-order valence-corrected chi connectivity index (χ1v) is 24.9. The van der Waals surface area contributed by atoms with E-state index in [9.17, 15) is 0 Å². The molecule has 0 aromatic heterocycles. The minimum Gasteiger partial charge on any atom is -0.0619 e. The van der Waals surface area contributed by atoms with Gasteiger partial charge in [-0.15, -0.1) is 0 Å². The molecule has 0 spiro atoms. The van der Waals surface area contributed by atoms with Crippen LogP contribution >= 0.6 is 0 Å². The Hall–Kier alpha value is -6.44. The van der Waals surface area contributed by atoms with Crippen molar-refractivity contribution in [2.24, 2.45) is 0 Å². The molecular formula is C66H55B. The van der Waals surface area contributed by atoms with Crippen molar-refractivity contribution in [3.8, 4) is 66.8 Å². The first kappa shape index (κ1) is 38.6. The molecule has 0 nitrogen and oxygen atoms in total. The van der Waals surface area contributed by atoms with Crippen molar-refractivity contribution in [2.75, 3.05) is 0 Å². The molecule has 0 saturated carbocycles. The van der Waals surface area contributed by atoms with Crippen LogP contribution in [0.2, 0.25) is 0 Å². The van der Waals surface area contributed by atoms with Crippen molar-refractivity contribution in [1.29, 1.82) is 0 Å². The van der Waals surface area contributed by atoms with Crippen LogP contribution in [0.4, 0.5) is 0 Å². The zero-order valence-electron chi connectivity index (χ0n) is 40.8. The second-order valence-electron chi connectivity index (χ2n) is 24.3. The van der Waals surface area contributed by atoms with Crippen LogP contribution in [-0.4, -0.2) is 6.71 Å². The van der Waals surface area contributed by atoms with E-state index in [0.29, 0.717) is 0 Å². The maximum atomic E-state index is 2.73. The van der Waals surface area contributed by atoms with Gasteiger partial charge in [0.2, 0.25) is 6.71 Å². The van der Waals surface area contributed by atoms with Gasteiger partial charge in [-0.25, -0.2) is 0 Å². The van der Waals surface area contributed by atoms with E-state index in [-0.39, 0.29) is 33.8 Å². The van der Waals surface area contributed by atoms with Gasteiger partial charge in [-0.3, -0.25) is 0 Å². The zero-order chi connectivity index (χ0) is 45.8. The summed E-state index contributed by atoms with van der Waals surface area (Å²) in [5.41, 5.74) is 33.8. The minimum atomic E-state index is -0.166. The Kier molecular flexibility index (Phi) is 6.71. The third-order valence-corrected chi connectivity index (χ3v) is 18.6. The Morgan fingerprint density at radius 2 is 0.642 bits per heavy atom. The van der Waals surface area contributed by atoms with E-state index < -0.39 is 0 Å². The monoisotopic (exact) mass is 858 g/mol. The van der Waals surface area contributed by atoms with E-state index >= 15 is 0 Å². The summed E-state index contributed by atoms with van der Waals surface area (Å²) in [5.74, 6) is 0. The van der Waals surface area contributed by atoms with Gasteiger partial charge in [0, 0.05) is 21.7 Å². The summed E-state index contributed by atoms with van der Waals surface area (Å²) in [5, 5.41) is 5.77. The maximum Gasteiger partial charge on any atom is 0.244 e. The van der Waals surface area contributed by atoms with E-state index in [1.165, 1.54) is 155 Å². The summed E-state index contributed by atoms with van der Waals surface area (Å²) >= 11 is 0. The quantitative estimate of drug-likeness (QED) is 0.133. The highest BCUT2D eigenvalue weighted by atomic mass is 14.5. The van der Waals surface area contributed by atoms with Gasteiger partial charge in [0.05, 0.1) is 0 Å². The predicted octanol–water partition coefficient (Wildman–Crippen LogP) is 15.0. The van der Waals surface area contributed by atoms with Gasteiger partial charge in [-0.05, 0) is 156 Å². The Labute approximate surface area is 396 Å². The minimum absolute atomic E-state index is 0.0454. The predicted molar refractivity (Wildman–Crippen MR) is 286 cm³/mol. The molecule has 2 aliphatic heterocycles. The molecule has 2 heterocycles. The molecule has 0 saturated heterocycles. The van der Waals surface area contributed by atoms with Crippen molar-refractivity contribution < 1.29 is 0 Å². The lowest BCUT2D eigenvalue weighted by atomic mass is 9.30. The van der Waals surface area contributed by atoms with E-state index in [4.69, 9.17) is 0 Å². The highest BCUT2D eigenvalue weighted by molar-refractivity contribution is 7.01. The molecule has 0 bridgehead atoms. The molecule has 0 atom stereocenters. The van der Waals surface area contributed by atoms with Crippen LogP contribution in [0.15, 0.2) is 133 Å². The third-order valence-electron chi connectivity index (χ3n) is 18.6. The maximum absolute atomic E-state index is 2.73. The summed E-state index contributed by atoms with van der Waals surface area (Å²) in [6, 6.07) is 53.5. The highest BCUT2D eigenvalue weighted by Crippen LogP contribution is 2.62. The van der Waals surface area contributed by atoms with Crippen LogP contribution < -0.4 is 16.4 Å². The summed E-state index contributed by atoms with van der Waals surface area (Å²) in [6.07, 6.45) is 0. The smallest absolute Gasteiger partial charge is 0.0619 e. The molecule has 0 amide bonds. The number of rotatable bonds is 0. The van der Waals surface area contributed by atoms with E-state index in [1.54, 1.807) is 0 Å². The molecule has 0 radical (unpaired) electrons. The first-order valence-electron chi connectivity index (χ1n) is 24.9. The molecule has 1 heteroatoms. The van der Waals surface area contributed by atoms with Gasteiger partial charge in [-0.2, -0.15) is 0 Å². The number of fused-ring (bicyclic) bond motifs is 20. The topological polar surface area (TPSA) is 0 Å². The standard InChI is InChI=1S/C66H55B/c1-62(2,3)34-28-41-59-55-37-22-14-18-26-45(37)63(4,5)47(55)30-39-53-35-20-12-16-24-43(35)65(8,9)49(53)32-51(57(39)59)67-52-33-50-54(36-21-13-17-25-44(36)66(50,10)11)40-31-48-56(60(58(40)52)42(29-34)61(41)67)38-23-15-19-27-46(38)64(48,6)7/h12-33H,1-11H3. The normalized spacial score (nSPS) is 17.6. The lowest BCUT2D eigenvalue weighted by molar-refractivity contribution is 0.591. The van der Waals surface area contributed by atoms with E-state index in [0.717, 1.165) is 0 Å². The Bertz CT molecular complexity index is 3650. The van der Waals surface area contributed by atoms with Gasteiger partial charge in [0.25, 0.3) is 0 Å². The van der Waals surface area contributed by atoms with Crippen molar-refractivity contribution >= 4 is 44.6 Å². The van der Waals surface area contributed by atoms with E-state index in [1.807, 2.05) is 0 Å². The molecular weight excluding hydrogens is 804 g/mol. The molecule has 322 valence electrons. The van der Waals surface area contributed by atoms with Crippen molar-refractivity contribution in [1.82, 2.24) is 0 Å². The van der Waals surface area contributed by atoms with Crippen LogP contribution in [0.3, 0.4) is 0 Å². The molecule has 0 N–H and O–H groups in total. The molecule has 6 aliphatic rings. The van der Waals surface area contributed by atoms with Crippen LogP contribution in [-0.2, 0) is 27.1 Å². The fourth-order valence-electron chi connectivity index (χ4n) is 15.2. The van der Waals surface area contributed by atoms with Crippen LogP contribution in [0.1, 0.15) is 126 Å². The van der Waals surface area contributed by atoms with Gasteiger partial charge >= 0.3 is 0 Å². The van der Waals surface area contributed by atoms with Crippen molar-refractivity contribution in [3.05, 3.63) is 184 Å². The second kappa shape index (κ2) is 11.6. The molecule has 0 unspecified atom stereocenters. The Morgan fingerprint density at radius 3 is 0.985 bits per heavy atom. The first-order chi connectivity index (χ1) is 31.9. The van der Waals surface area contributed by atoms with Gasteiger partial charge in [0.1, 0.15) is 0 Å². The number of benzene rings is 9. The van der Waals surface area contributed by atoms with Crippen molar-refractivity contribution in [3.63, 3.8) is 0 Å². The van der Waals surface area contributed by atoms with Crippen LogP contribution in [0.5, 0.6) is 0 Å². The van der Waals surface area contributed by atoms with Crippen molar-refractivity contribution in [2.45, 2.75) is 103 Å². The number of hydrogen-bond donors (Lipinski definition) is 0. The van der Waals surface area contributed by atoms with Crippen LogP contribution in [0, 0.1) is 0 Å². The van der Waals surface area contributed by atoms with E-state index in [2.05, 4.69) is 210 Å². The molecule has 9 aromatic carbocycles. The van der Waals surface area contributed by atoms with Gasteiger partial charge < -0.3 is 0 Å². The molecule has 0 fully saturated rings. The summed E-state index contributed by atoms with van der Waals surface area (Å²) in [6.45, 7) is 27.2. The fourth-order valence-corrected chi connectivity index (χ4v) is 15.2.